The van der Waals surface area contributed by atoms with E-state index in [4.69, 9.17) is 5.11 Å². The molecule has 0 aliphatic heterocycles. The Kier molecular flexibility index (Phi) is 5.50. The Hall–Kier alpha value is -1.89. The minimum absolute atomic E-state index is 0.0513. The standard InChI is InChI=1S/C17H28N6O/c1-12(2)23-11-20-14-15(19-10-13-6-4-3-5-7-13)21-17(18-8-9-24)22-16(14)23/h11-13,24H,3-10H2,1-2H3,(H2,18,19,21,22). The lowest BCUT2D eigenvalue weighted by Gasteiger charge is -2.22. The smallest absolute Gasteiger partial charge is 0.226 e. The summed E-state index contributed by atoms with van der Waals surface area (Å²) in [4.78, 5) is 13.7. The zero-order chi connectivity index (χ0) is 16.9. The molecule has 0 radical (unpaired) electrons. The molecule has 1 aliphatic rings. The van der Waals surface area contributed by atoms with Crippen LogP contribution in [-0.2, 0) is 0 Å². The average molecular weight is 332 g/mol. The van der Waals surface area contributed by atoms with E-state index in [0.717, 1.165) is 23.5 Å². The van der Waals surface area contributed by atoms with E-state index in [1.54, 1.807) is 0 Å². The van der Waals surface area contributed by atoms with Crippen LogP contribution in [0.3, 0.4) is 0 Å². The highest BCUT2D eigenvalue weighted by Gasteiger charge is 2.17. The first-order chi connectivity index (χ1) is 11.7. The molecule has 132 valence electrons. The molecule has 2 aromatic rings. The van der Waals surface area contributed by atoms with E-state index in [0.29, 0.717) is 18.4 Å². The summed E-state index contributed by atoms with van der Waals surface area (Å²) in [5.74, 6) is 2.03. The molecule has 2 heterocycles. The monoisotopic (exact) mass is 332 g/mol. The molecule has 3 rings (SSSR count). The fourth-order valence-corrected chi connectivity index (χ4v) is 3.30. The SMILES string of the molecule is CC(C)n1cnc2c(NCC3CCCCC3)nc(NCCO)nc21. The predicted octanol–water partition coefficient (Wildman–Crippen LogP) is 2.80. The van der Waals surface area contributed by atoms with E-state index in [2.05, 4.69) is 39.4 Å². The number of rotatable bonds is 7. The second-order valence-corrected chi connectivity index (χ2v) is 6.85. The summed E-state index contributed by atoms with van der Waals surface area (Å²) in [5.41, 5.74) is 1.64. The Morgan fingerprint density at radius 3 is 2.71 bits per heavy atom. The summed E-state index contributed by atoms with van der Waals surface area (Å²) in [7, 11) is 0. The molecule has 0 saturated heterocycles. The number of aromatic nitrogens is 4. The van der Waals surface area contributed by atoms with Gasteiger partial charge in [0.05, 0.1) is 12.9 Å². The molecule has 0 unspecified atom stereocenters. The molecule has 7 heteroatoms. The van der Waals surface area contributed by atoms with Crippen molar-refractivity contribution in [1.82, 2.24) is 19.5 Å². The normalized spacial score (nSPS) is 16.0. The lowest BCUT2D eigenvalue weighted by atomic mass is 9.89. The van der Waals surface area contributed by atoms with E-state index in [9.17, 15) is 0 Å². The van der Waals surface area contributed by atoms with Gasteiger partial charge in [-0.2, -0.15) is 9.97 Å². The van der Waals surface area contributed by atoms with Gasteiger partial charge in [0.1, 0.15) is 0 Å². The molecule has 0 bridgehead atoms. The van der Waals surface area contributed by atoms with Crippen LogP contribution in [-0.4, -0.2) is 44.3 Å². The highest BCUT2D eigenvalue weighted by atomic mass is 16.3. The van der Waals surface area contributed by atoms with Crippen LogP contribution in [0.4, 0.5) is 11.8 Å². The minimum Gasteiger partial charge on any atom is -0.395 e. The van der Waals surface area contributed by atoms with Gasteiger partial charge in [-0.3, -0.25) is 0 Å². The lowest BCUT2D eigenvalue weighted by molar-refractivity contribution is 0.311. The van der Waals surface area contributed by atoms with Crippen molar-refractivity contribution in [3.8, 4) is 0 Å². The number of hydrogen-bond acceptors (Lipinski definition) is 6. The Morgan fingerprint density at radius 2 is 2.00 bits per heavy atom. The van der Waals surface area contributed by atoms with Crippen LogP contribution in [0.2, 0.25) is 0 Å². The van der Waals surface area contributed by atoms with Gasteiger partial charge in [0.2, 0.25) is 5.95 Å². The Morgan fingerprint density at radius 1 is 1.21 bits per heavy atom. The fourth-order valence-electron chi connectivity index (χ4n) is 3.30. The van der Waals surface area contributed by atoms with Crippen LogP contribution >= 0.6 is 0 Å². The molecular formula is C17H28N6O. The van der Waals surface area contributed by atoms with E-state index < -0.39 is 0 Å². The van der Waals surface area contributed by atoms with E-state index in [1.165, 1.54) is 32.1 Å². The Bertz CT molecular complexity index is 662. The largest absolute Gasteiger partial charge is 0.395 e. The third-order valence-electron chi connectivity index (χ3n) is 4.66. The molecule has 7 nitrogen and oxygen atoms in total. The third-order valence-corrected chi connectivity index (χ3v) is 4.66. The van der Waals surface area contributed by atoms with Crippen molar-refractivity contribution in [1.29, 1.82) is 0 Å². The number of imidazole rings is 1. The molecule has 1 aliphatic carbocycles. The number of nitrogens with one attached hydrogen (secondary N) is 2. The van der Waals surface area contributed by atoms with Crippen molar-refractivity contribution in [2.75, 3.05) is 30.3 Å². The van der Waals surface area contributed by atoms with Gasteiger partial charge in [0, 0.05) is 19.1 Å². The molecule has 3 N–H and O–H groups in total. The van der Waals surface area contributed by atoms with Crippen molar-refractivity contribution in [2.45, 2.75) is 52.0 Å². The minimum atomic E-state index is 0.0513. The van der Waals surface area contributed by atoms with Crippen LogP contribution in [0.25, 0.3) is 11.2 Å². The highest BCUT2D eigenvalue weighted by Crippen LogP contribution is 2.26. The zero-order valence-electron chi connectivity index (χ0n) is 14.6. The van der Waals surface area contributed by atoms with Gasteiger partial charge in [-0.05, 0) is 32.6 Å². The molecule has 1 saturated carbocycles. The highest BCUT2D eigenvalue weighted by molar-refractivity contribution is 5.84. The van der Waals surface area contributed by atoms with Gasteiger partial charge < -0.3 is 20.3 Å². The zero-order valence-corrected chi connectivity index (χ0v) is 14.6. The molecule has 24 heavy (non-hydrogen) atoms. The molecular weight excluding hydrogens is 304 g/mol. The van der Waals surface area contributed by atoms with E-state index in [-0.39, 0.29) is 12.6 Å². The molecule has 1 fully saturated rings. The van der Waals surface area contributed by atoms with Crippen molar-refractivity contribution >= 4 is 22.9 Å². The van der Waals surface area contributed by atoms with Gasteiger partial charge in [0.15, 0.2) is 17.0 Å². The van der Waals surface area contributed by atoms with Gasteiger partial charge in [-0.1, -0.05) is 19.3 Å². The first kappa shape index (κ1) is 17.0. The second-order valence-electron chi connectivity index (χ2n) is 6.85. The van der Waals surface area contributed by atoms with E-state index in [1.807, 2.05) is 10.9 Å². The predicted molar refractivity (Wildman–Crippen MR) is 96.3 cm³/mol. The summed E-state index contributed by atoms with van der Waals surface area (Å²) in [5, 5.41) is 15.6. The summed E-state index contributed by atoms with van der Waals surface area (Å²) in [6, 6.07) is 0.279. The number of anilines is 2. The molecule has 0 amide bonds. The third kappa shape index (κ3) is 3.77. The van der Waals surface area contributed by atoms with Crippen molar-refractivity contribution in [3.63, 3.8) is 0 Å². The number of aliphatic hydroxyl groups excluding tert-OH is 1. The quantitative estimate of drug-likeness (QED) is 0.722. The van der Waals surface area contributed by atoms with Crippen LogP contribution < -0.4 is 10.6 Å². The Balaban J connectivity index is 1.85. The summed E-state index contributed by atoms with van der Waals surface area (Å²) >= 11 is 0. The average Bonchev–Trinajstić information content (AvgIpc) is 3.03. The molecule has 0 spiro atoms. The topological polar surface area (TPSA) is 87.9 Å². The maximum Gasteiger partial charge on any atom is 0.226 e. The maximum absolute atomic E-state index is 9.04. The summed E-state index contributed by atoms with van der Waals surface area (Å²) in [6.45, 7) is 5.64. The van der Waals surface area contributed by atoms with Crippen LogP contribution in [0, 0.1) is 5.92 Å². The van der Waals surface area contributed by atoms with Crippen LogP contribution in [0.5, 0.6) is 0 Å². The van der Waals surface area contributed by atoms with Crippen molar-refractivity contribution in [2.24, 2.45) is 5.92 Å². The van der Waals surface area contributed by atoms with Crippen LogP contribution in [0.15, 0.2) is 6.33 Å². The second kappa shape index (κ2) is 7.79. The van der Waals surface area contributed by atoms with Gasteiger partial charge in [0.25, 0.3) is 0 Å². The van der Waals surface area contributed by atoms with E-state index >= 15 is 0 Å². The Labute approximate surface area is 142 Å². The first-order valence-corrected chi connectivity index (χ1v) is 9.02. The number of nitrogens with zero attached hydrogens (tertiary/aromatic N) is 4. The summed E-state index contributed by atoms with van der Waals surface area (Å²) < 4.78 is 2.05. The first-order valence-electron chi connectivity index (χ1n) is 9.02. The van der Waals surface area contributed by atoms with Gasteiger partial charge >= 0.3 is 0 Å². The van der Waals surface area contributed by atoms with Crippen molar-refractivity contribution in [3.05, 3.63) is 6.33 Å². The van der Waals surface area contributed by atoms with Crippen molar-refractivity contribution < 1.29 is 5.11 Å². The number of hydrogen-bond donors (Lipinski definition) is 3. The van der Waals surface area contributed by atoms with Crippen LogP contribution in [0.1, 0.15) is 52.0 Å². The fraction of sp³-hybridized carbons (Fsp3) is 0.706. The maximum atomic E-state index is 9.04. The number of fused-ring (bicyclic) bond motifs is 1. The van der Waals surface area contributed by atoms with Gasteiger partial charge in [-0.15, -0.1) is 0 Å². The van der Waals surface area contributed by atoms with Gasteiger partial charge in [-0.25, -0.2) is 4.98 Å². The number of aliphatic hydroxyl groups is 1. The molecule has 0 atom stereocenters. The summed E-state index contributed by atoms with van der Waals surface area (Å²) in [6.07, 6.45) is 8.43. The molecule has 2 aromatic heterocycles. The lowest BCUT2D eigenvalue weighted by Crippen LogP contribution is -2.18. The molecule has 0 aromatic carbocycles.